The molecule has 6 nitrogen and oxygen atoms in total. The molecule has 0 aliphatic carbocycles. The van der Waals surface area contributed by atoms with E-state index in [0.717, 1.165) is 5.88 Å². The zero-order valence-electron chi connectivity index (χ0n) is 10.8. The Morgan fingerprint density at radius 2 is 2.20 bits per heavy atom. The van der Waals surface area contributed by atoms with Crippen LogP contribution in [0.4, 0.5) is 5.69 Å². The summed E-state index contributed by atoms with van der Waals surface area (Å²) in [4.78, 5) is 11.9. The van der Waals surface area contributed by atoms with E-state index < -0.39 is 10.0 Å². The molecule has 0 radical (unpaired) electrons. The van der Waals surface area contributed by atoms with Gasteiger partial charge in [-0.15, -0.1) is 24.2 Å². The summed E-state index contributed by atoms with van der Waals surface area (Å²) in [6.07, 6.45) is 0. The molecule has 1 amide bonds. The van der Waals surface area contributed by atoms with Crippen molar-refractivity contribution < 1.29 is 13.2 Å². The van der Waals surface area contributed by atoms with Crippen LogP contribution in [0.3, 0.4) is 0 Å². The van der Waals surface area contributed by atoms with Crippen LogP contribution in [0, 0.1) is 6.92 Å². The van der Waals surface area contributed by atoms with E-state index in [1.165, 1.54) is 6.07 Å². The van der Waals surface area contributed by atoms with Gasteiger partial charge in [-0.25, -0.2) is 13.6 Å². The molecule has 1 aliphatic heterocycles. The molecule has 2 rings (SSSR count). The molecule has 1 unspecified atom stereocenters. The van der Waals surface area contributed by atoms with Crippen molar-refractivity contribution in [1.29, 1.82) is 0 Å². The lowest BCUT2D eigenvalue weighted by molar-refractivity contribution is -0.117. The quantitative estimate of drug-likeness (QED) is 0.752. The van der Waals surface area contributed by atoms with Gasteiger partial charge in [0.2, 0.25) is 15.9 Å². The molecule has 9 heteroatoms. The first kappa shape index (κ1) is 17.3. The van der Waals surface area contributed by atoms with Crippen molar-refractivity contribution in [3.8, 4) is 0 Å². The van der Waals surface area contributed by atoms with E-state index in [0.29, 0.717) is 17.0 Å². The number of benzene rings is 1. The molecule has 4 N–H and O–H groups in total. The first-order valence-corrected chi connectivity index (χ1v) is 8.33. The summed E-state index contributed by atoms with van der Waals surface area (Å²) < 4.78 is 22.8. The molecule has 1 heterocycles. The highest BCUT2D eigenvalue weighted by molar-refractivity contribution is 7.99. The van der Waals surface area contributed by atoms with Crippen molar-refractivity contribution in [3.63, 3.8) is 0 Å². The second-order valence-electron chi connectivity index (χ2n) is 4.29. The van der Waals surface area contributed by atoms with E-state index in [4.69, 9.17) is 5.14 Å². The van der Waals surface area contributed by atoms with Crippen LogP contribution in [-0.4, -0.2) is 32.0 Å². The average molecular weight is 338 g/mol. The molecule has 20 heavy (non-hydrogen) atoms. The van der Waals surface area contributed by atoms with Gasteiger partial charge >= 0.3 is 0 Å². The number of nitrogens with two attached hydrogens (primary N) is 1. The molecule has 0 bridgehead atoms. The average Bonchev–Trinajstić information content (AvgIpc) is 2.83. The summed E-state index contributed by atoms with van der Waals surface area (Å²) in [7, 11) is -3.78. The number of sulfonamides is 1. The number of thioether (sulfide) groups is 1. The number of amides is 1. The largest absolute Gasteiger partial charge is 0.325 e. The van der Waals surface area contributed by atoms with Crippen LogP contribution in [0.5, 0.6) is 0 Å². The summed E-state index contributed by atoms with van der Waals surface area (Å²) in [5, 5.41) is 10.9. The van der Waals surface area contributed by atoms with E-state index in [2.05, 4.69) is 10.6 Å². The number of carbonyl (C=O) groups excluding carboxylic acids is 1. The van der Waals surface area contributed by atoms with Crippen LogP contribution >= 0.6 is 24.2 Å². The van der Waals surface area contributed by atoms with E-state index in [9.17, 15) is 13.2 Å². The fourth-order valence-corrected chi connectivity index (χ4v) is 3.53. The third-order valence-electron chi connectivity index (χ3n) is 2.80. The van der Waals surface area contributed by atoms with E-state index in [-0.39, 0.29) is 29.3 Å². The number of rotatable bonds is 3. The van der Waals surface area contributed by atoms with E-state index in [1.807, 2.05) is 0 Å². The van der Waals surface area contributed by atoms with E-state index >= 15 is 0 Å². The standard InChI is InChI=1S/C11H15N3O3S2.ClH/c1-7-2-3-8(4-10(7)19(12,16)17)14-11(15)9-5-18-6-13-9;/h2-4,9,13H,5-6H2,1H3,(H,14,15)(H2,12,16,17);1H. The van der Waals surface area contributed by atoms with Gasteiger partial charge in [0.25, 0.3) is 0 Å². The van der Waals surface area contributed by atoms with Crippen molar-refractivity contribution in [2.45, 2.75) is 17.9 Å². The smallest absolute Gasteiger partial charge is 0.242 e. The molecule has 1 aliphatic rings. The highest BCUT2D eigenvalue weighted by Crippen LogP contribution is 2.20. The zero-order valence-corrected chi connectivity index (χ0v) is 13.2. The molecule has 1 aromatic carbocycles. The summed E-state index contributed by atoms with van der Waals surface area (Å²) in [5.41, 5.74) is 0.980. The monoisotopic (exact) mass is 337 g/mol. The lowest BCUT2D eigenvalue weighted by atomic mass is 10.2. The second-order valence-corrected chi connectivity index (χ2v) is 6.85. The van der Waals surface area contributed by atoms with Crippen molar-refractivity contribution in [1.82, 2.24) is 5.32 Å². The Morgan fingerprint density at radius 1 is 1.50 bits per heavy atom. The topological polar surface area (TPSA) is 101 Å². The van der Waals surface area contributed by atoms with E-state index in [1.54, 1.807) is 30.8 Å². The number of nitrogens with one attached hydrogen (secondary N) is 2. The molecule has 0 aromatic heterocycles. The maximum Gasteiger partial charge on any atom is 0.242 e. The lowest BCUT2D eigenvalue weighted by Gasteiger charge is -2.12. The number of hydrogen-bond donors (Lipinski definition) is 3. The number of carbonyl (C=O) groups is 1. The Hall–Kier alpha value is -0.800. The fourth-order valence-electron chi connectivity index (χ4n) is 1.78. The van der Waals surface area contributed by atoms with Gasteiger partial charge in [0.05, 0.1) is 10.9 Å². The van der Waals surface area contributed by atoms with Crippen LogP contribution in [0.15, 0.2) is 23.1 Å². The summed E-state index contributed by atoms with van der Waals surface area (Å²) in [6, 6.07) is 4.41. The molecular weight excluding hydrogens is 322 g/mol. The normalized spacial score (nSPS) is 18.4. The summed E-state index contributed by atoms with van der Waals surface area (Å²) in [6.45, 7) is 1.65. The van der Waals surface area contributed by atoms with Gasteiger partial charge in [-0.2, -0.15) is 0 Å². The Bertz CT molecular complexity index is 601. The van der Waals surface area contributed by atoms with Gasteiger partial charge < -0.3 is 5.32 Å². The highest BCUT2D eigenvalue weighted by atomic mass is 35.5. The highest BCUT2D eigenvalue weighted by Gasteiger charge is 2.23. The number of hydrogen-bond acceptors (Lipinski definition) is 5. The third kappa shape index (κ3) is 4.10. The molecule has 1 saturated heterocycles. The fraction of sp³-hybridized carbons (Fsp3) is 0.364. The Kier molecular flexibility index (Phi) is 5.84. The number of anilines is 1. The summed E-state index contributed by atoms with van der Waals surface area (Å²) in [5.74, 6) is 1.28. The van der Waals surface area contributed by atoms with Gasteiger partial charge in [-0.1, -0.05) is 6.07 Å². The third-order valence-corrected chi connectivity index (χ3v) is 4.79. The van der Waals surface area contributed by atoms with Crippen LogP contribution in [-0.2, 0) is 14.8 Å². The van der Waals surface area contributed by atoms with Crippen LogP contribution in [0.2, 0.25) is 0 Å². The van der Waals surface area contributed by atoms with Crippen LogP contribution < -0.4 is 15.8 Å². The molecule has 1 atom stereocenters. The van der Waals surface area contributed by atoms with Gasteiger partial charge in [-0.3, -0.25) is 10.1 Å². The van der Waals surface area contributed by atoms with Gasteiger partial charge in [-0.05, 0) is 24.6 Å². The maximum atomic E-state index is 11.9. The van der Waals surface area contributed by atoms with Crippen LogP contribution in [0.1, 0.15) is 5.56 Å². The minimum atomic E-state index is -3.78. The lowest BCUT2D eigenvalue weighted by Crippen LogP contribution is -2.37. The van der Waals surface area contributed by atoms with Crippen molar-refractivity contribution in [3.05, 3.63) is 23.8 Å². The van der Waals surface area contributed by atoms with Crippen molar-refractivity contribution in [2.75, 3.05) is 16.9 Å². The first-order valence-electron chi connectivity index (χ1n) is 5.63. The number of aryl methyl sites for hydroxylation is 1. The maximum absolute atomic E-state index is 11.9. The predicted molar refractivity (Wildman–Crippen MR) is 82.7 cm³/mol. The minimum Gasteiger partial charge on any atom is -0.325 e. The van der Waals surface area contributed by atoms with Gasteiger partial charge in [0, 0.05) is 17.3 Å². The van der Waals surface area contributed by atoms with Crippen molar-refractivity contribution >= 4 is 45.8 Å². The molecule has 1 aromatic rings. The van der Waals surface area contributed by atoms with Gasteiger partial charge in [0.1, 0.15) is 0 Å². The second kappa shape index (κ2) is 6.77. The molecule has 1 fully saturated rings. The molecule has 0 spiro atoms. The minimum absolute atomic E-state index is 0. The number of primary sulfonamides is 1. The Morgan fingerprint density at radius 3 is 2.75 bits per heavy atom. The molecule has 112 valence electrons. The predicted octanol–water partition coefficient (Wildman–Crippen LogP) is 0.665. The Labute approximate surface area is 128 Å². The molecule has 0 saturated carbocycles. The summed E-state index contributed by atoms with van der Waals surface area (Å²) >= 11 is 1.64. The first-order chi connectivity index (χ1) is 8.88. The zero-order chi connectivity index (χ0) is 14.0. The number of halogens is 1. The SMILES string of the molecule is Cc1ccc(NC(=O)C2CSCN2)cc1S(N)(=O)=O.Cl. The Balaban J connectivity index is 0.00000200. The van der Waals surface area contributed by atoms with Crippen LogP contribution in [0.25, 0.3) is 0 Å². The van der Waals surface area contributed by atoms with Gasteiger partial charge in [0.15, 0.2) is 0 Å². The van der Waals surface area contributed by atoms with Crippen molar-refractivity contribution in [2.24, 2.45) is 5.14 Å². The molecular formula is C11H16ClN3O3S2.